The van der Waals surface area contributed by atoms with Crippen LogP contribution in [0.25, 0.3) is 0 Å². The molecule has 0 atom stereocenters. The van der Waals surface area contributed by atoms with E-state index in [1.165, 1.54) is 7.05 Å². The number of nitriles is 1. The van der Waals surface area contributed by atoms with Crippen LogP contribution in [0.1, 0.15) is 11.1 Å². The third-order valence-electron chi connectivity index (χ3n) is 2.37. The van der Waals surface area contributed by atoms with Crippen molar-refractivity contribution in [1.82, 2.24) is 4.31 Å². The van der Waals surface area contributed by atoms with Gasteiger partial charge >= 0.3 is 0 Å². The molecule has 0 heterocycles. The Bertz CT molecular complexity index is 520. The topological polar surface area (TPSA) is 81.4 Å². The van der Waals surface area contributed by atoms with Crippen molar-refractivity contribution in [2.45, 2.75) is 5.75 Å². The number of rotatable bonds is 5. The summed E-state index contributed by atoms with van der Waals surface area (Å²) in [4.78, 5) is 0. The Kier molecular flexibility index (Phi) is 4.63. The summed E-state index contributed by atoms with van der Waals surface area (Å²) in [6.45, 7) is -0.174. The Morgan fingerprint density at radius 1 is 1.41 bits per heavy atom. The van der Waals surface area contributed by atoms with Gasteiger partial charge in [-0.05, 0) is 11.6 Å². The van der Waals surface area contributed by atoms with E-state index < -0.39 is 10.0 Å². The number of benzene rings is 1. The van der Waals surface area contributed by atoms with Gasteiger partial charge in [-0.2, -0.15) is 5.26 Å². The highest BCUT2D eigenvalue weighted by atomic mass is 32.2. The summed E-state index contributed by atoms with van der Waals surface area (Å²) < 4.78 is 24.8. The molecule has 0 amide bonds. The molecule has 1 rings (SSSR count). The SMILES string of the molecule is CN(CCO)S(=O)(=O)Cc1ccccc1C#N. The second-order valence-corrected chi connectivity index (χ2v) is 5.65. The normalized spacial score (nSPS) is 11.4. The molecule has 0 saturated carbocycles. The van der Waals surface area contributed by atoms with Crippen molar-refractivity contribution in [3.05, 3.63) is 35.4 Å². The summed E-state index contributed by atoms with van der Waals surface area (Å²) in [5.41, 5.74) is 0.827. The van der Waals surface area contributed by atoms with Crippen molar-refractivity contribution < 1.29 is 13.5 Å². The molecule has 0 spiro atoms. The zero-order valence-corrected chi connectivity index (χ0v) is 10.3. The lowest BCUT2D eigenvalue weighted by molar-refractivity contribution is 0.266. The number of nitrogens with zero attached hydrogens (tertiary/aromatic N) is 2. The molecule has 1 N–H and O–H groups in total. The molecule has 6 heteroatoms. The third-order valence-corrected chi connectivity index (χ3v) is 4.17. The Balaban J connectivity index is 2.95. The molecule has 0 radical (unpaired) electrons. The lowest BCUT2D eigenvalue weighted by atomic mass is 10.1. The van der Waals surface area contributed by atoms with Crippen molar-refractivity contribution in [2.75, 3.05) is 20.2 Å². The highest BCUT2D eigenvalue weighted by Crippen LogP contribution is 2.13. The van der Waals surface area contributed by atoms with Crippen LogP contribution in [-0.2, 0) is 15.8 Å². The Morgan fingerprint density at radius 2 is 2.06 bits per heavy atom. The first-order chi connectivity index (χ1) is 8.01. The number of sulfonamides is 1. The van der Waals surface area contributed by atoms with Gasteiger partial charge in [-0.15, -0.1) is 0 Å². The summed E-state index contributed by atoms with van der Waals surface area (Å²) in [5, 5.41) is 17.6. The standard InChI is InChI=1S/C11H14N2O3S/c1-13(6-7-14)17(15,16)9-11-5-3-2-4-10(11)8-12/h2-5,14H,6-7,9H2,1H3. The minimum absolute atomic E-state index is 0.0526. The average Bonchev–Trinajstić information content (AvgIpc) is 2.29. The average molecular weight is 254 g/mol. The summed E-state index contributed by atoms with van der Waals surface area (Å²) in [7, 11) is -2.08. The van der Waals surface area contributed by atoms with Gasteiger partial charge in [0.25, 0.3) is 0 Å². The number of aliphatic hydroxyl groups excluding tert-OH is 1. The van der Waals surface area contributed by atoms with Crippen LogP contribution < -0.4 is 0 Å². The molecule has 92 valence electrons. The molecule has 0 bridgehead atoms. The highest BCUT2D eigenvalue weighted by Gasteiger charge is 2.19. The van der Waals surface area contributed by atoms with Crippen molar-refractivity contribution in [3.63, 3.8) is 0 Å². The Morgan fingerprint density at radius 3 is 2.65 bits per heavy atom. The Hall–Kier alpha value is -1.42. The van der Waals surface area contributed by atoms with Gasteiger partial charge in [0.2, 0.25) is 10.0 Å². The summed E-state index contributed by atoms with van der Waals surface area (Å²) in [6.07, 6.45) is 0. The Labute approximate surface area is 101 Å². The van der Waals surface area contributed by atoms with E-state index in [0.29, 0.717) is 11.1 Å². The molecule has 0 saturated heterocycles. The van der Waals surface area contributed by atoms with E-state index in [4.69, 9.17) is 10.4 Å². The zero-order chi connectivity index (χ0) is 12.9. The number of hydrogen-bond acceptors (Lipinski definition) is 4. The molecule has 0 fully saturated rings. The minimum atomic E-state index is -3.49. The van der Waals surface area contributed by atoms with Crippen LogP contribution in [0.2, 0.25) is 0 Å². The van der Waals surface area contributed by atoms with Crippen LogP contribution in [0.4, 0.5) is 0 Å². The molecular formula is C11H14N2O3S. The molecule has 1 aromatic carbocycles. The summed E-state index contributed by atoms with van der Waals surface area (Å²) >= 11 is 0. The van der Waals surface area contributed by atoms with Gasteiger partial charge in [-0.1, -0.05) is 18.2 Å². The van der Waals surface area contributed by atoms with Crippen molar-refractivity contribution in [1.29, 1.82) is 5.26 Å². The van der Waals surface area contributed by atoms with Crippen molar-refractivity contribution in [2.24, 2.45) is 0 Å². The van der Waals surface area contributed by atoms with Gasteiger partial charge in [0.15, 0.2) is 0 Å². The molecule has 5 nitrogen and oxygen atoms in total. The monoisotopic (exact) mass is 254 g/mol. The van der Waals surface area contributed by atoms with Crippen LogP contribution in [0, 0.1) is 11.3 Å². The van der Waals surface area contributed by atoms with Gasteiger partial charge in [-0.3, -0.25) is 0 Å². The molecule has 0 aromatic heterocycles. The van der Waals surface area contributed by atoms with E-state index in [0.717, 1.165) is 4.31 Å². The van der Waals surface area contributed by atoms with Gasteiger partial charge in [-0.25, -0.2) is 12.7 Å². The molecular weight excluding hydrogens is 240 g/mol. The van der Waals surface area contributed by atoms with Crippen LogP contribution in [-0.4, -0.2) is 38.0 Å². The first kappa shape index (κ1) is 13.6. The molecule has 0 aliphatic carbocycles. The first-order valence-corrected chi connectivity index (χ1v) is 6.65. The van der Waals surface area contributed by atoms with E-state index in [2.05, 4.69) is 0 Å². The summed E-state index contributed by atoms with van der Waals surface area (Å²) in [6, 6.07) is 8.53. The molecule has 0 aliphatic rings. The lowest BCUT2D eigenvalue weighted by Gasteiger charge is -2.16. The minimum Gasteiger partial charge on any atom is -0.395 e. The lowest BCUT2D eigenvalue weighted by Crippen LogP contribution is -2.30. The van der Waals surface area contributed by atoms with Gasteiger partial charge in [0.1, 0.15) is 0 Å². The second kappa shape index (κ2) is 5.77. The van der Waals surface area contributed by atoms with Crippen LogP contribution in [0.15, 0.2) is 24.3 Å². The largest absolute Gasteiger partial charge is 0.395 e. The smallest absolute Gasteiger partial charge is 0.218 e. The predicted octanol–water partition coefficient (Wildman–Crippen LogP) is 0.312. The maximum absolute atomic E-state index is 11.9. The fourth-order valence-electron chi connectivity index (χ4n) is 1.34. The van der Waals surface area contributed by atoms with E-state index in [-0.39, 0.29) is 18.9 Å². The zero-order valence-electron chi connectivity index (χ0n) is 9.50. The fourth-order valence-corrected chi connectivity index (χ4v) is 2.57. The number of likely N-dealkylation sites (N-methyl/N-ethyl adjacent to an activating group) is 1. The molecule has 17 heavy (non-hydrogen) atoms. The van der Waals surface area contributed by atoms with Crippen molar-refractivity contribution in [3.8, 4) is 6.07 Å². The second-order valence-electron chi connectivity index (χ2n) is 3.57. The van der Waals surface area contributed by atoms with Crippen molar-refractivity contribution >= 4 is 10.0 Å². The third kappa shape index (κ3) is 3.53. The van der Waals surface area contributed by atoms with Gasteiger partial charge < -0.3 is 5.11 Å². The van der Waals surface area contributed by atoms with Crippen LogP contribution >= 0.6 is 0 Å². The van der Waals surface area contributed by atoms with E-state index in [9.17, 15) is 8.42 Å². The van der Waals surface area contributed by atoms with Gasteiger partial charge in [0, 0.05) is 13.6 Å². The molecule has 0 aliphatic heterocycles. The van der Waals surface area contributed by atoms with Gasteiger partial charge in [0.05, 0.1) is 24.0 Å². The van der Waals surface area contributed by atoms with Crippen LogP contribution in [0.3, 0.4) is 0 Å². The summed E-state index contributed by atoms with van der Waals surface area (Å²) in [5.74, 6) is -0.229. The van der Waals surface area contributed by atoms with Crippen LogP contribution in [0.5, 0.6) is 0 Å². The number of aliphatic hydroxyl groups is 1. The first-order valence-electron chi connectivity index (χ1n) is 5.04. The molecule has 0 unspecified atom stereocenters. The highest BCUT2D eigenvalue weighted by molar-refractivity contribution is 7.88. The van der Waals surface area contributed by atoms with E-state index in [1.54, 1.807) is 24.3 Å². The number of hydrogen-bond donors (Lipinski definition) is 1. The maximum atomic E-state index is 11.9. The maximum Gasteiger partial charge on any atom is 0.218 e. The quantitative estimate of drug-likeness (QED) is 0.820. The molecule has 1 aromatic rings. The van der Waals surface area contributed by atoms with E-state index in [1.807, 2.05) is 6.07 Å². The predicted molar refractivity (Wildman–Crippen MR) is 63.5 cm³/mol. The fraction of sp³-hybridized carbons (Fsp3) is 0.364. The van der Waals surface area contributed by atoms with E-state index >= 15 is 0 Å².